The van der Waals surface area contributed by atoms with Gasteiger partial charge in [0.2, 0.25) is 0 Å². The third-order valence-electron chi connectivity index (χ3n) is 4.48. The number of aromatic nitrogens is 3. The van der Waals surface area contributed by atoms with E-state index in [4.69, 9.17) is 4.74 Å². The van der Waals surface area contributed by atoms with Crippen LogP contribution < -0.4 is 0 Å². The van der Waals surface area contributed by atoms with Crippen molar-refractivity contribution >= 4 is 11.6 Å². The Kier molecular flexibility index (Phi) is 2.53. The van der Waals surface area contributed by atoms with E-state index >= 15 is 0 Å². The molecule has 2 aromatic rings. The van der Waals surface area contributed by atoms with E-state index in [9.17, 15) is 4.79 Å². The van der Waals surface area contributed by atoms with Gasteiger partial charge in [0.25, 0.3) is 5.91 Å². The van der Waals surface area contributed by atoms with Gasteiger partial charge in [-0.3, -0.25) is 9.20 Å². The van der Waals surface area contributed by atoms with Gasteiger partial charge in [0.1, 0.15) is 12.0 Å². The van der Waals surface area contributed by atoms with Crippen molar-refractivity contribution in [3.05, 3.63) is 30.2 Å². The Hall–Kier alpha value is -1.95. The quantitative estimate of drug-likeness (QED) is 0.780. The van der Waals surface area contributed by atoms with Crippen molar-refractivity contribution < 1.29 is 9.53 Å². The minimum absolute atomic E-state index is 0.0541. The summed E-state index contributed by atoms with van der Waals surface area (Å²) >= 11 is 0. The second-order valence-electron chi connectivity index (χ2n) is 5.56. The van der Waals surface area contributed by atoms with Gasteiger partial charge in [-0.25, -0.2) is 0 Å². The second-order valence-corrected chi connectivity index (χ2v) is 5.56. The van der Waals surface area contributed by atoms with Gasteiger partial charge in [0, 0.05) is 6.54 Å². The Bertz CT molecular complexity index is 662. The molecular formula is C14H16N4O2. The Morgan fingerprint density at radius 1 is 1.35 bits per heavy atom. The Balaban J connectivity index is 1.74. The molecule has 0 unspecified atom stereocenters. The number of carbonyl (C=O) groups excluding carboxylic acids is 1. The topological polar surface area (TPSA) is 59.7 Å². The van der Waals surface area contributed by atoms with E-state index in [0.717, 1.165) is 12.8 Å². The summed E-state index contributed by atoms with van der Waals surface area (Å²) in [6.45, 7) is 1.94. The average molecular weight is 272 g/mol. The molecular weight excluding hydrogens is 256 g/mol. The molecule has 2 aliphatic rings. The molecule has 20 heavy (non-hydrogen) atoms. The molecule has 0 aromatic carbocycles. The lowest BCUT2D eigenvalue weighted by molar-refractivity contribution is -0.0879. The predicted octanol–water partition coefficient (Wildman–Crippen LogP) is 1.12. The average Bonchev–Trinajstić information content (AvgIpc) is 2.93. The van der Waals surface area contributed by atoms with E-state index in [1.54, 1.807) is 10.7 Å². The fourth-order valence-electron chi connectivity index (χ4n) is 3.21. The van der Waals surface area contributed by atoms with E-state index in [2.05, 4.69) is 10.2 Å². The molecule has 0 N–H and O–H groups in total. The third kappa shape index (κ3) is 1.57. The van der Waals surface area contributed by atoms with Crippen molar-refractivity contribution in [2.45, 2.75) is 24.8 Å². The summed E-state index contributed by atoms with van der Waals surface area (Å²) < 4.78 is 7.34. The van der Waals surface area contributed by atoms with Crippen LogP contribution in [0.2, 0.25) is 0 Å². The van der Waals surface area contributed by atoms with Crippen LogP contribution in [0.1, 0.15) is 29.8 Å². The zero-order valence-electron chi connectivity index (χ0n) is 11.2. The number of fused-ring (bicyclic) bond motifs is 1. The molecule has 4 rings (SSSR count). The van der Waals surface area contributed by atoms with E-state index in [1.807, 2.05) is 23.1 Å². The highest BCUT2D eigenvalue weighted by atomic mass is 16.5. The first-order valence-electron chi connectivity index (χ1n) is 6.99. The molecule has 2 fully saturated rings. The molecule has 6 nitrogen and oxygen atoms in total. The van der Waals surface area contributed by atoms with Gasteiger partial charge >= 0.3 is 0 Å². The van der Waals surface area contributed by atoms with Crippen LogP contribution in [-0.4, -0.2) is 50.7 Å². The highest BCUT2D eigenvalue weighted by Crippen LogP contribution is 2.40. The van der Waals surface area contributed by atoms with Crippen LogP contribution in [0.4, 0.5) is 0 Å². The van der Waals surface area contributed by atoms with E-state index < -0.39 is 0 Å². The fraction of sp³-hybridized carbons (Fsp3) is 0.500. The van der Waals surface area contributed by atoms with Gasteiger partial charge in [-0.05, 0) is 31.4 Å². The highest BCUT2D eigenvalue weighted by molar-refractivity contribution is 5.94. The molecule has 1 aliphatic heterocycles. The minimum atomic E-state index is -0.0779. The van der Waals surface area contributed by atoms with Crippen LogP contribution in [0.15, 0.2) is 24.5 Å². The molecule has 0 atom stereocenters. The van der Waals surface area contributed by atoms with Crippen LogP contribution in [0.3, 0.4) is 0 Å². The van der Waals surface area contributed by atoms with Crippen LogP contribution in [0.25, 0.3) is 5.65 Å². The highest BCUT2D eigenvalue weighted by Gasteiger charge is 2.47. The standard InChI is InChI=1S/C14H16N4O2/c19-13(11-3-1-4-12-16-15-10-17(11)12)18-7-8-20-9-14(18)5-2-6-14/h1,3-4,10H,2,5-9H2. The van der Waals surface area contributed by atoms with Gasteiger partial charge in [-0.15, -0.1) is 10.2 Å². The summed E-state index contributed by atoms with van der Waals surface area (Å²) in [5, 5.41) is 7.87. The lowest BCUT2D eigenvalue weighted by Crippen LogP contribution is -2.62. The first kappa shape index (κ1) is 11.8. The zero-order valence-corrected chi connectivity index (χ0v) is 11.2. The van der Waals surface area contributed by atoms with E-state index in [1.165, 1.54) is 6.42 Å². The monoisotopic (exact) mass is 272 g/mol. The number of morpholine rings is 1. The predicted molar refractivity (Wildman–Crippen MR) is 71.4 cm³/mol. The summed E-state index contributed by atoms with van der Waals surface area (Å²) in [7, 11) is 0. The Morgan fingerprint density at radius 2 is 2.25 bits per heavy atom. The van der Waals surface area contributed by atoms with Crippen LogP contribution in [0.5, 0.6) is 0 Å². The zero-order chi connectivity index (χ0) is 13.6. The summed E-state index contributed by atoms with van der Waals surface area (Å²) in [4.78, 5) is 14.9. The SMILES string of the molecule is O=C(c1cccc2nncn12)N1CCOCC12CCC2. The molecule has 1 saturated heterocycles. The number of pyridine rings is 1. The molecule has 104 valence electrons. The molecule has 1 amide bonds. The maximum Gasteiger partial charge on any atom is 0.271 e. The molecule has 1 spiro atoms. The van der Waals surface area contributed by atoms with Gasteiger partial charge in [-0.1, -0.05) is 6.07 Å². The lowest BCUT2D eigenvalue weighted by atomic mass is 9.75. The van der Waals surface area contributed by atoms with Crippen molar-refractivity contribution in [3.63, 3.8) is 0 Å². The summed E-state index contributed by atoms with van der Waals surface area (Å²) in [6.07, 6.45) is 4.84. The molecule has 1 aliphatic carbocycles. The van der Waals surface area contributed by atoms with Crippen LogP contribution in [0, 0.1) is 0 Å². The van der Waals surface area contributed by atoms with Crippen molar-refractivity contribution in [1.29, 1.82) is 0 Å². The number of ether oxygens (including phenoxy) is 1. The number of carbonyl (C=O) groups is 1. The van der Waals surface area contributed by atoms with Crippen molar-refractivity contribution in [1.82, 2.24) is 19.5 Å². The van der Waals surface area contributed by atoms with Gasteiger partial charge in [-0.2, -0.15) is 0 Å². The van der Waals surface area contributed by atoms with Crippen molar-refractivity contribution in [3.8, 4) is 0 Å². The minimum Gasteiger partial charge on any atom is -0.377 e. The summed E-state index contributed by atoms with van der Waals surface area (Å²) in [6, 6.07) is 5.54. The molecule has 6 heteroatoms. The normalized spacial score (nSPS) is 21.1. The number of rotatable bonds is 1. The number of amides is 1. The molecule has 0 radical (unpaired) electrons. The summed E-state index contributed by atoms with van der Waals surface area (Å²) in [5.41, 5.74) is 1.25. The second kappa shape index (κ2) is 4.28. The number of nitrogens with zero attached hydrogens (tertiary/aromatic N) is 4. The van der Waals surface area contributed by atoms with Crippen LogP contribution in [-0.2, 0) is 4.74 Å². The van der Waals surface area contributed by atoms with Gasteiger partial charge in [0.05, 0.1) is 18.8 Å². The first-order chi connectivity index (χ1) is 9.80. The van der Waals surface area contributed by atoms with Crippen molar-refractivity contribution in [2.24, 2.45) is 0 Å². The molecule has 3 heterocycles. The van der Waals surface area contributed by atoms with Crippen molar-refractivity contribution in [2.75, 3.05) is 19.8 Å². The smallest absolute Gasteiger partial charge is 0.271 e. The third-order valence-corrected chi connectivity index (χ3v) is 4.48. The molecule has 2 aromatic heterocycles. The van der Waals surface area contributed by atoms with Gasteiger partial charge < -0.3 is 9.64 Å². The Labute approximate surface area is 116 Å². The Morgan fingerprint density at radius 3 is 3.05 bits per heavy atom. The maximum absolute atomic E-state index is 12.9. The fourth-order valence-corrected chi connectivity index (χ4v) is 3.21. The maximum atomic E-state index is 12.9. The van der Waals surface area contributed by atoms with Crippen LogP contribution >= 0.6 is 0 Å². The summed E-state index contributed by atoms with van der Waals surface area (Å²) in [5.74, 6) is 0.0541. The van der Waals surface area contributed by atoms with E-state index in [0.29, 0.717) is 31.1 Å². The largest absolute Gasteiger partial charge is 0.377 e. The van der Waals surface area contributed by atoms with Gasteiger partial charge in [0.15, 0.2) is 5.65 Å². The number of hydrogen-bond donors (Lipinski definition) is 0. The first-order valence-corrected chi connectivity index (χ1v) is 6.99. The molecule has 0 bridgehead atoms. The number of hydrogen-bond acceptors (Lipinski definition) is 4. The van der Waals surface area contributed by atoms with E-state index in [-0.39, 0.29) is 11.4 Å². The lowest BCUT2D eigenvalue weighted by Gasteiger charge is -2.52. The molecule has 1 saturated carbocycles.